The fourth-order valence-electron chi connectivity index (χ4n) is 24.3. The van der Waals surface area contributed by atoms with Gasteiger partial charge in [-0.15, -0.1) is 0 Å². The third kappa shape index (κ3) is 9.81. The van der Waals surface area contributed by atoms with E-state index in [-0.39, 0.29) is 91.8 Å². The zero-order valence-electron chi connectivity index (χ0n) is 56.4. The summed E-state index contributed by atoms with van der Waals surface area (Å²) in [6, 6.07) is 43.2. The number of aliphatic hydroxyl groups excluding tert-OH is 1. The summed E-state index contributed by atoms with van der Waals surface area (Å²) in [5.41, 5.74) is 13.4. The Hall–Kier alpha value is -7.87. The first-order valence-electron chi connectivity index (χ1n) is 37.4. The van der Waals surface area contributed by atoms with Crippen molar-refractivity contribution in [2.45, 2.75) is 182 Å². The van der Waals surface area contributed by atoms with Crippen molar-refractivity contribution in [3.8, 4) is 28.7 Å². The molecule has 0 unspecified atom stereocenters. The van der Waals surface area contributed by atoms with Crippen LogP contribution < -0.4 is 16.0 Å². The number of hydrogen-bond donors (Lipinski definition) is 11. The highest BCUT2D eigenvalue weighted by Crippen LogP contribution is 2.80. The number of phenols is 5. The molecule has 11 aliphatic rings. The molecule has 98 heavy (non-hydrogen) atoms. The summed E-state index contributed by atoms with van der Waals surface area (Å²) in [6.45, 7) is 1.73. The van der Waals surface area contributed by atoms with Gasteiger partial charge in [0.05, 0.1) is 17.8 Å². The van der Waals surface area contributed by atoms with Crippen LogP contribution in [0.2, 0.25) is 0 Å². The number of imidazole rings is 1. The van der Waals surface area contributed by atoms with Gasteiger partial charge in [-0.1, -0.05) is 147 Å². The SMILES string of the molecule is Oc1ccc(/C=C/c2c(CCc3ccc([C@@H]4C[C@]56C[C@@H]7N[C@H](C5)C(=C[C@H]7c5ccccc5)CNCCc5c[nH]c(c5)C5(CCCC5)CCc5cccc(c5)C[C@H]5CC[C@@H]7C[C@H]6[C@H](N4)[C@]4(c6cnc[nH]6)[C@H]6[C@@H](O)C=C[C@@H]8CCC[C@@]86CC[C@@]574)cc3)c(O)c(O)c3c(O)cccc23)cc1O. The van der Waals surface area contributed by atoms with Gasteiger partial charge in [0.1, 0.15) is 5.75 Å². The van der Waals surface area contributed by atoms with Crippen LogP contribution in [0.5, 0.6) is 28.7 Å². The summed E-state index contributed by atoms with van der Waals surface area (Å²) in [7, 11) is 0. The lowest BCUT2D eigenvalue weighted by Gasteiger charge is -2.76. The Morgan fingerprint density at radius 1 is 0.622 bits per heavy atom. The van der Waals surface area contributed by atoms with Gasteiger partial charge in [0.15, 0.2) is 23.0 Å². The number of aromatic nitrogens is 3. The molecule has 19 rings (SSSR count). The van der Waals surface area contributed by atoms with Crippen LogP contribution in [0.25, 0.3) is 22.9 Å². The summed E-state index contributed by atoms with van der Waals surface area (Å²) in [5, 5.41) is 83.0. The van der Waals surface area contributed by atoms with Crippen LogP contribution in [-0.2, 0) is 42.9 Å². The Labute approximate surface area is 576 Å². The molecule has 8 aromatic rings. The van der Waals surface area contributed by atoms with Crippen molar-refractivity contribution in [3.05, 3.63) is 225 Å². The average Bonchev–Trinajstić information content (AvgIpc) is 1.48. The van der Waals surface area contributed by atoms with Crippen LogP contribution in [0.3, 0.4) is 0 Å². The Morgan fingerprint density at radius 2 is 1.46 bits per heavy atom. The standard InChI is InChI=1S/C86H96N6O6/c93-71-28-20-54(41-74(71)96)19-26-63-64-14-7-15-72(94)77(64)79(98)78(97)65(63)27-18-52-16-21-58(22-17-52)68-45-83-46-69-59(43-66(70(47-83)91-69)57-11-2-1-3-12-57)49-87-38-31-56-42-75(89-48-56)82(32-4-5-33-82)35-30-53-9-6-10-55(39-53)40-61-23-24-62-44-67(83)81(92-68)86(76-50-88-51-90-76)80-73(95)29-25-60-13-8-34-84(60,80)36-37-85(61,62)86/h1-3,6-7,9-12,14-17,19-22,25-26,28-29,39,41-43,48,50-51,60-62,66-70,73,80-81,87,89,91-98H,4-5,8,13,18,23-24,27,30-38,40,44-47,49H2,(H,88,90)/b26-19+/t60-,61+,62+,66-,67-,68-,69+,70-,73-,80-,81-,83+,84+,85+,86-/m0/s1. The molecule has 15 atom stereocenters. The topological polar surface area (TPSA) is 202 Å². The molecule has 12 heteroatoms. The molecule has 5 saturated carbocycles. The van der Waals surface area contributed by atoms with Crippen LogP contribution in [0.4, 0.5) is 0 Å². The average molecular weight is 1310 g/mol. The Kier molecular flexibility index (Phi) is 15.4. The number of aryl methyl sites for hydroxylation is 2. The highest BCUT2D eigenvalue weighted by atomic mass is 16.3. The number of hydrogen-bond acceptors (Lipinski definition) is 10. The van der Waals surface area contributed by atoms with E-state index in [1.54, 1.807) is 18.2 Å². The van der Waals surface area contributed by atoms with Gasteiger partial charge >= 0.3 is 0 Å². The fourth-order valence-corrected chi connectivity index (χ4v) is 24.3. The Morgan fingerprint density at radius 3 is 2.31 bits per heavy atom. The zero-order valence-corrected chi connectivity index (χ0v) is 56.4. The minimum absolute atomic E-state index is 0.00368. The van der Waals surface area contributed by atoms with E-state index < -0.39 is 11.5 Å². The number of allylic oxidation sites excluding steroid dienone is 1. The molecular formula is C86H96N6O6. The van der Waals surface area contributed by atoms with Crippen molar-refractivity contribution in [2.24, 2.45) is 45.8 Å². The molecule has 0 radical (unpaired) electrons. The summed E-state index contributed by atoms with van der Waals surface area (Å²) < 4.78 is 0. The van der Waals surface area contributed by atoms with Gasteiger partial charge in [0.25, 0.3) is 0 Å². The smallest absolute Gasteiger partial charge is 0.169 e. The molecule has 4 spiro atoms. The molecule has 5 aliphatic heterocycles. The number of nitrogens with zero attached hydrogens (tertiary/aromatic N) is 1. The van der Waals surface area contributed by atoms with E-state index in [0.717, 1.165) is 82.9 Å². The maximum atomic E-state index is 13.7. The van der Waals surface area contributed by atoms with Crippen molar-refractivity contribution < 1.29 is 30.6 Å². The maximum Gasteiger partial charge on any atom is 0.169 e. The number of aromatic amines is 2. The molecule has 12 nitrogen and oxygen atoms in total. The number of phenolic OH excluding ortho intramolecular Hbond substituents is 5. The molecule has 11 N–H and O–H groups in total. The van der Waals surface area contributed by atoms with Gasteiger partial charge in [-0.3, -0.25) is 0 Å². The number of benzene rings is 6. The van der Waals surface area contributed by atoms with Gasteiger partial charge < -0.3 is 56.6 Å². The minimum Gasteiger partial charge on any atom is -0.507 e. The number of nitrogens with one attached hydrogen (secondary N) is 5. The van der Waals surface area contributed by atoms with Gasteiger partial charge in [-0.25, -0.2) is 4.98 Å². The lowest BCUT2D eigenvalue weighted by molar-refractivity contribution is -0.230. The second-order valence-electron chi connectivity index (χ2n) is 32.4. The highest BCUT2D eigenvalue weighted by molar-refractivity contribution is 6.03. The van der Waals surface area contributed by atoms with Crippen molar-refractivity contribution in [1.29, 1.82) is 0 Å². The van der Waals surface area contributed by atoms with Crippen molar-refractivity contribution in [2.75, 3.05) is 13.1 Å². The van der Waals surface area contributed by atoms with E-state index in [1.165, 1.54) is 121 Å². The van der Waals surface area contributed by atoms with Gasteiger partial charge in [0.2, 0.25) is 0 Å². The predicted molar refractivity (Wildman–Crippen MR) is 386 cm³/mol. The Bertz CT molecular complexity index is 4420. The number of fused-ring (bicyclic) bond motifs is 6. The van der Waals surface area contributed by atoms with Crippen LogP contribution in [0, 0.1) is 45.8 Å². The second-order valence-corrected chi connectivity index (χ2v) is 32.4. The van der Waals surface area contributed by atoms with E-state index in [2.05, 4.69) is 136 Å². The van der Waals surface area contributed by atoms with Crippen molar-refractivity contribution in [3.63, 3.8) is 0 Å². The summed E-state index contributed by atoms with van der Waals surface area (Å²) in [4.78, 5) is 13.1. The summed E-state index contributed by atoms with van der Waals surface area (Å²) in [5.74, 6) is 0.499. The first-order valence-corrected chi connectivity index (χ1v) is 37.4. The molecule has 2 aromatic heterocycles. The molecule has 506 valence electrons. The molecule has 6 aromatic carbocycles. The number of aliphatic hydroxyl groups is 1. The quantitative estimate of drug-likeness (QED) is 0.0395. The molecule has 0 amide bonds. The van der Waals surface area contributed by atoms with E-state index >= 15 is 0 Å². The van der Waals surface area contributed by atoms with Gasteiger partial charge in [0, 0.05) is 82.7 Å². The third-order valence-electron chi connectivity index (χ3n) is 28.3. The number of H-pyrrole nitrogens is 2. The molecule has 7 heterocycles. The molecule has 2 saturated heterocycles. The molecular weight excluding hydrogens is 1210 g/mol. The van der Waals surface area contributed by atoms with E-state index in [4.69, 9.17) is 10.3 Å². The zero-order chi connectivity index (χ0) is 66.1. The van der Waals surface area contributed by atoms with Gasteiger partial charge in [-0.05, 0) is 242 Å². The number of rotatable bonds is 8. The van der Waals surface area contributed by atoms with Crippen LogP contribution in [-0.4, -0.2) is 82.9 Å². The van der Waals surface area contributed by atoms with Crippen molar-refractivity contribution >= 4 is 22.9 Å². The minimum atomic E-state index is -0.616. The van der Waals surface area contributed by atoms with Gasteiger partial charge in [-0.2, -0.15) is 0 Å². The normalized spacial score (nSPS) is 33.8. The summed E-state index contributed by atoms with van der Waals surface area (Å²) in [6.07, 6.45) is 39.6. The van der Waals surface area contributed by atoms with E-state index in [9.17, 15) is 30.6 Å². The van der Waals surface area contributed by atoms with Crippen LogP contribution in [0.1, 0.15) is 176 Å². The monoisotopic (exact) mass is 1310 g/mol. The van der Waals surface area contributed by atoms with Crippen LogP contribution >= 0.6 is 0 Å². The van der Waals surface area contributed by atoms with Crippen molar-refractivity contribution in [1.82, 2.24) is 30.9 Å². The van der Waals surface area contributed by atoms with Crippen LogP contribution in [0.15, 0.2) is 164 Å². The first kappa shape index (κ1) is 62.4. The van der Waals surface area contributed by atoms with E-state index in [0.29, 0.717) is 58.6 Å². The molecule has 7 fully saturated rings. The lowest BCUT2D eigenvalue weighted by Crippen LogP contribution is -2.79. The fraction of sp³-hybridized carbons (Fsp3) is 0.453. The first-order chi connectivity index (χ1) is 47.8. The highest BCUT2D eigenvalue weighted by Gasteiger charge is 2.80. The molecule has 6 aliphatic carbocycles. The summed E-state index contributed by atoms with van der Waals surface area (Å²) >= 11 is 0. The molecule has 12 bridgehead atoms. The second kappa shape index (κ2) is 24.2. The predicted octanol–water partition coefficient (Wildman–Crippen LogP) is 15.5. The lowest BCUT2D eigenvalue weighted by atomic mass is 9.30. The number of aromatic hydroxyl groups is 5. The number of piperidine rings is 2. The maximum absolute atomic E-state index is 13.7. The van der Waals surface area contributed by atoms with E-state index in [1.807, 2.05) is 18.5 Å². The largest absolute Gasteiger partial charge is 0.507 e. The Balaban J connectivity index is 0.782. The third-order valence-corrected chi connectivity index (χ3v) is 28.3.